The molecule has 0 bridgehead atoms. The van der Waals surface area contributed by atoms with Gasteiger partial charge in [0, 0.05) is 37.6 Å². The number of nitrogens with zero attached hydrogens (tertiary/aromatic N) is 4. The van der Waals surface area contributed by atoms with Crippen LogP contribution in [0.25, 0.3) is 10.9 Å². The lowest BCUT2D eigenvalue weighted by Gasteiger charge is -2.31. The molecule has 0 atom stereocenters. The van der Waals surface area contributed by atoms with Crippen LogP contribution in [0, 0.1) is 0 Å². The monoisotopic (exact) mass is 366 g/mol. The molecule has 2 aliphatic rings. The van der Waals surface area contributed by atoms with Gasteiger partial charge in [0.25, 0.3) is 0 Å². The maximum absolute atomic E-state index is 6.35. The first-order valence-corrected chi connectivity index (χ1v) is 10.0. The number of aryl methyl sites for hydroxylation is 1. The summed E-state index contributed by atoms with van der Waals surface area (Å²) >= 11 is 0. The van der Waals surface area contributed by atoms with Crippen molar-refractivity contribution in [2.24, 2.45) is 7.05 Å². The van der Waals surface area contributed by atoms with Gasteiger partial charge in [-0.3, -0.25) is 4.90 Å². The van der Waals surface area contributed by atoms with E-state index in [1.807, 2.05) is 0 Å². The molecule has 0 radical (unpaired) electrons. The van der Waals surface area contributed by atoms with Crippen molar-refractivity contribution < 1.29 is 9.26 Å². The third-order valence-corrected chi connectivity index (χ3v) is 6.02. The molecule has 2 aromatic heterocycles. The first kappa shape index (κ1) is 16.8. The molecule has 0 amide bonds. The second kappa shape index (κ2) is 7.00. The Labute approximate surface area is 159 Å². The summed E-state index contributed by atoms with van der Waals surface area (Å²) in [7, 11) is 2.07. The van der Waals surface area contributed by atoms with Crippen LogP contribution in [-0.2, 0) is 13.6 Å². The van der Waals surface area contributed by atoms with E-state index in [2.05, 4.69) is 57.1 Å². The van der Waals surface area contributed by atoms with Crippen LogP contribution in [0.5, 0.6) is 5.75 Å². The summed E-state index contributed by atoms with van der Waals surface area (Å²) < 4.78 is 13.9. The van der Waals surface area contributed by atoms with Gasteiger partial charge in [0.2, 0.25) is 5.89 Å². The topological polar surface area (TPSA) is 56.3 Å². The van der Waals surface area contributed by atoms with E-state index < -0.39 is 0 Å². The molecule has 1 aromatic carbocycles. The van der Waals surface area contributed by atoms with E-state index in [0.717, 1.165) is 49.9 Å². The van der Waals surface area contributed by atoms with Crippen LogP contribution in [0.3, 0.4) is 0 Å². The molecule has 0 spiro atoms. The van der Waals surface area contributed by atoms with E-state index in [1.54, 1.807) is 0 Å². The molecule has 0 N–H and O–H groups in total. The fourth-order valence-electron chi connectivity index (χ4n) is 4.09. The molecule has 6 nitrogen and oxygen atoms in total. The highest BCUT2D eigenvalue weighted by Gasteiger charge is 2.27. The zero-order valence-electron chi connectivity index (χ0n) is 15.8. The van der Waals surface area contributed by atoms with E-state index in [4.69, 9.17) is 9.26 Å². The normalized spacial score (nSPS) is 19.4. The molecular weight excluding hydrogens is 340 g/mol. The molecule has 6 heteroatoms. The second-order valence-electron chi connectivity index (χ2n) is 7.89. The van der Waals surface area contributed by atoms with Crippen molar-refractivity contribution in [1.29, 1.82) is 0 Å². The Morgan fingerprint density at radius 1 is 1.15 bits per heavy atom. The Morgan fingerprint density at radius 3 is 2.78 bits per heavy atom. The van der Waals surface area contributed by atoms with Gasteiger partial charge in [-0.25, -0.2) is 0 Å². The quantitative estimate of drug-likeness (QED) is 0.686. The second-order valence-corrected chi connectivity index (χ2v) is 7.89. The molecule has 2 fully saturated rings. The van der Waals surface area contributed by atoms with Crippen molar-refractivity contribution in [3.8, 4) is 5.75 Å². The number of fused-ring (bicyclic) bond motifs is 1. The Balaban J connectivity index is 1.17. The molecule has 0 unspecified atom stereocenters. The number of ether oxygens (including phenoxy) is 1. The van der Waals surface area contributed by atoms with Crippen LogP contribution in [0.1, 0.15) is 49.7 Å². The zero-order chi connectivity index (χ0) is 18.2. The number of likely N-dealkylation sites (tertiary alicyclic amines) is 1. The number of hydrogen-bond acceptors (Lipinski definition) is 5. The van der Waals surface area contributed by atoms with Crippen LogP contribution < -0.4 is 4.74 Å². The van der Waals surface area contributed by atoms with Crippen molar-refractivity contribution in [3.05, 3.63) is 42.2 Å². The Morgan fingerprint density at radius 2 is 2.00 bits per heavy atom. The van der Waals surface area contributed by atoms with Gasteiger partial charge in [0.05, 0.1) is 12.1 Å². The van der Waals surface area contributed by atoms with Gasteiger partial charge in [-0.15, -0.1) is 0 Å². The Kier molecular flexibility index (Phi) is 4.36. The number of aromatic nitrogens is 3. The molecule has 142 valence electrons. The molecule has 1 saturated heterocycles. The smallest absolute Gasteiger partial charge is 0.229 e. The standard InChI is InChI=1S/C21H26N4O2/c1-24-11-10-17-18(24)6-3-7-19(17)26-16-8-12-25(13-9-16)14-20-22-21(27-23-20)15-4-2-5-15/h3,6-7,10-11,15-16H,2,4-5,8-9,12-14H2,1H3. The highest BCUT2D eigenvalue weighted by molar-refractivity contribution is 5.86. The Bertz CT molecular complexity index is 919. The van der Waals surface area contributed by atoms with Crippen LogP contribution in [-0.4, -0.2) is 38.8 Å². The summed E-state index contributed by atoms with van der Waals surface area (Å²) in [6, 6.07) is 8.42. The highest BCUT2D eigenvalue weighted by Crippen LogP contribution is 2.35. The molecule has 27 heavy (non-hydrogen) atoms. The number of piperidine rings is 1. The van der Waals surface area contributed by atoms with E-state index >= 15 is 0 Å². The minimum Gasteiger partial charge on any atom is -0.490 e. The zero-order valence-corrected chi connectivity index (χ0v) is 15.8. The fraction of sp³-hybridized carbons (Fsp3) is 0.524. The van der Waals surface area contributed by atoms with E-state index in [9.17, 15) is 0 Å². The Hall–Kier alpha value is -2.34. The minimum absolute atomic E-state index is 0.267. The molecule has 1 saturated carbocycles. The maximum Gasteiger partial charge on any atom is 0.229 e. The van der Waals surface area contributed by atoms with E-state index in [1.165, 1.54) is 30.2 Å². The average Bonchev–Trinajstić information content (AvgIpc) is 3.23. The van der Waals surface area contributed by atoms with Crippen LogP contribution in [0.2, 0.25) is 0 Å². The highest BCUT2D eigenvalue weighted by atomic mass is 16.5. The lowest BCUT2D eigenvalue weighted by Crippen LogP contribution is -2.38. The molecule has 1 aliphatic carbocycles. The number of rotatable bonds is 5. The van der Waals surface area contributed by atoms with Crippen molar-refractivity contribution in [1.82, 2.24) is 19.6 Å². The van der Waals surface area contributed by atoms with Crippen LogP contribution >= 0.6 is 0 Å². The summed E-state index contributed by atoms with van der Waals surface area (Å²) in [5, 5.41) is 5.37. The third kappa shape index (κ3) is 3.34. The SMILES string of the molecule is Cn1ccc2c(OC3CCN(Cc4noc(C5CCC5)n4)CC3)cccc21. The van der Waals surface area contributed by atoms with Gasteiger partial charge in [0.15, 0.2) is 5.82 Å². The average molecular weight is 366 g/mol. The van der Waals surface area contributed by atoms with Gasteiger partial charge < -0.3 is 13.8 Å². The summed E-state index contributed by atoms with van der Waals surface area (Å²) in [5.74, 6) is 3.16. The van der Waals surface area contributed by atoms with E-state index in [-0.39, 0.29) is 6.10 Å². The van der Waals surface area contributed by atoms with Gasteiger partial charge in [-0.1, -0.05) is 17.6 Å². The van der Waals surface area contributed by atoms with Gasteiger partial charge in [0.1, 0.15) is 11.9 Å². The van der Waals surface area contributed by atoms with Crippen LogP contribution in [0.4, 0.5) is 0 Å². The van der Waals surface area contributed by atoms with Crippen molar-refractivity contribution >= 4 is 10.9 Å². The predicted octanol–water partition coefficient (Wildman–Crippen LogP) is 3.87. The largest absolute Gasteiger partial charge is 0.490 e. The molecule has 5 rings (SSSR count). The first-order valence-electron chi connectivity index (χ1n) is 10.0. The van der Waals surface area contributed by atoms with Gasteiger partial charge in [-0.05, 0) is 43.9 Å². The fourth-order valence-corrected chi connectivity index (χ4v) is 4.09. The molecule has 3 heterocycles. The van der Waals surface area contributed by atoms with Crippen molar-refractivity contribution in [3.63, 3.8) is 0 Å². The first-order chi connectivity index (χ1) is 13.3. The van der Waals surface area contributed by atoms with Crippen LogP contribution in [0.15, 0.2) is 35.0 Å². The summed E-state index contributed by atoms with van der Waals surface area (Å²) in [5.41, 5.74) is 1.21. The lowest BCUT2D eigenvalue weighted by molar-refractivity contribution is 0.0960. The summed E-state index contributed by atoms with van der Waals surface area (Å²) in [6.07, 6.45) is 8.07. The van der Waals surface area contributed by atoms with Gasteiger partial charge in [-0.2, -0.15) is 4.98 Å². The molecule has 3 aromatic rings. The van der Waals surface area contributed by atoms with Gasteiger partial charge >= 0.3 is 0 Å². The van der Waals surface area contributed by atoms with E-state index in [0.29, 0.717) is 5.92 Å². The van der Waals surface area contributed by atoms with Crippen molar-refractivity contribution in [2.75, 3.05) is 13.1 Å². The molecular formula is C21H26N4O2. The molecule has 1 aliphatic heterocycles. The summed E-state index contributed by atoms with van der Waals surface area (Å²) in [6.45, 7) is 2.78. The number of benzene rings is 1. The summed E-state index contributed by atoms with van der Waals surface area (Å²) in [4.78, 5) is 7.00. The van der Waals surface area contributed by atoms with Crippen molar-refractivity contribution in [2.45, 2.75) is 50.7 Å². The third-order valence-electron chi connectivity index (χ3n) is 6.02. The lowest BCUT2D eigenvalue weighted by atomic mass is 9.85. The number of hydrogen-bond donors (Lipinski definition) is 0. The minimum atomic E-state index is 0.267. The maximum atomic E-state index is 6.35. The predicted molar refractivity (Wildman–Crippen MR) is 103 cm³/mol.